The summed E-state index contributed by atoms with van der Waals surface area (Å²) < 4.78 is 0.661. The maximum Gasteiger partial charge on any atom is 0.306 e. The van der Waals surface area contributed by atoms with Gasteiger partial charge in [0.2, 0.25) is 5.91 Å². The minimum atomic E-state index is -0.697. The highest BCUT2D eigenvalue weighted by Crippen LogP contribution is 2.28. The van der Waals surface area contributed by atoms with Gasteiger partial charge in [-0.2, -0.15) is 0 Å². The molecule has 5 nitrogen and oxygen atoms in total. The van der Waals surface area contributed by atoms with Crippen molar-refractivity contribution in [3.05, 3.63) is 28.2 Å². The summed E-state index contributed by atoms with van der Waals surface area (Å²) >= 11 is 3.32. The van der Waals surface area contributed by atoms with Gasteiger partial charge >= 0.3 is 5.97 Å². The van der Waals surface area contributed by atoms with Crippen LogP contribution in [0.1, 0.15) is 36.0 Å². The van der Waals surface area contributed by atoms with Gasteiger partial charge in [0, 0.05) is 16.2 Å². The van der Waals surface area contributed by atoms with Gasteiger partial charge in [0.25, 0.3) is 0 Å². The molecular weight excluding hydrogens is 324 g/mol. The Morgan fingerprint density at radius 1 is 1.25 bits per heavy atom. The van der Waals surface area contributed by atoms with Crippen molar-refractivity contribution in [1.29, 1.82) is 0 Å². The van der Waals surface area contributed by atoms with Crippen molar-refractivity contribution >= 4 is 33.5 Å². The number of nitrogens with two attached hydrogens (primary N) is 1. The number of carboxylic acids is 1. The van der Waals surface area contributed by atoms with Crippen molar-refractivity contribution in [2.75, 3.05) is 5.32 Å². The molecular formula is C14H17BrN2O3. The summed E-state index contributed by atoms with van der Waals surface area (Å²) in [6, 6.07) is 5.59. The summed E-state index contributed by atoms with van der Waals surface area (Å²) in [5, 5.41) is 12.3. The largest absolute Gasteiger partial charge is 0.481 e. The molecule has 1 aromatic carbocycles. The van der Waals surface area contributed by atoms with Crippen molar-refractivity contribution in [1.82, 2.24) is 0 Å². The van der Waals surface area contributed by atoms with Crippen LogP contribution >= 0.6 is 15.9 Å². The monoisotopic (exact) mass is 340 g/mol. The van der Waals surface area contributed by atoms with E-state index >= 15 is 0 Å². The Labute approximate surface area is 125 Å². The zero-order chi connectivity index (χ0) is 14.7. The molecule has 0 atom stereocenters. The van der Waals surface area contributed by atoms with E-state index in [9.17, 15) is 9.59 Å². The summed E-state index contributed by atoms with van der Waals surface area (Å²) in [7, 11) is 0. The zero-order valence-electron chi connectivity index (χ0n) is 10.9. The number of carboxylic acid groups (broad SMARTS) is 1. The van der Waals surface area contributed by atoms with E-state index in [4.69, 9.17) is 10.8 Å². The Morgan fingerprint density at radius 2 is 1.90 bits per heavy atom. The lowest BCUT2D eigenvalue weighted by atomic mass is 9.86. The van der Waals surface area contributed by atoms with Crippen molar-refractivity contribution in [3.63, 3.8) is 0 Å². The molecule has 1 amide bonds. The first-order valence-corrected chi connectivity index (χ1v) is 7.35. The second-order valence-electron chi connectivity index (χ2n) is 5.09. The lowest BCUT2D eigenvalue weighted by Gasteiger charge is -2.27. The molecule has 4 N–H and O–H groups in total. The van der Waals surface area contributed by atoms with Gasteiger partial charge in [0.1, 0.15) is 0 Å². The van der Waals surface area contributed by atoms with Crippen LogP contribution in [0, 0.1) is 5.92 Å². The highest BCUT2D eigenvalue weighted by atomic mass is 79.9. The Morgan fingerprint density at radius 3 is 2.40 bits per heavy atom. The lowest BCUT2D eigenvalue weighted by Crippen LogP contribution is -2.29. The van der Waals surface area contributed by atoms with E-state index in [-0.39, 0.29) is 12.0 Å². The zero-order valence-corrected chi connectivity index (χ0v) is 12.5. The van der Waals surface area contributed by atoms with Crippen LogP contribution in [-0.4, -0.2) is 23.0 Å². The second kappa shape index (κ2) is 6.26. The smallest absolute Gasteiger partial charge is 0.306 e. The van der Waals surface area contributed by atoms with Crippen LogP contribution in [0.4, 0.5) is 5.69 Å². The fraction of sp³-hybridized carbons (Fsp3) is 0.429. The molecule has 0 unspecified atom stereocenters. The standard InChI is InChI=1S/C14H17BrN2O3/c15-12-7-10(5-6-11(12)13(16)18)17-9-3-1-8(2-4-9)14(19)20/h5-9,17H,1-4H2,(H2,16,18)(H,19,20). The Bertz CT molecular complexity index is 525. The first-order valence-electron chi connectivity index (χ1n) is 6.56. The molecule has 1 aliphatic carbocycles. The van der Waals surface area contributed by atoms with Gasteiger partial charge in [-0.1, -0.05) is 0 Å². The predicted molar refractivity (Wildman–Crippen MR) is 79.7 cm³/mol. The Hall–Kier alpha value is -1.56. The summed E-state index contributed by atoms with van der Waals surface area (Å²) in [5.41, 5.74) is 6.60. The quantitative estimate of drug-likeness (QED) is 0.785. The van der Waals surface area contributed by atoms with Crippen LogP contribution in [0.15, 0.2) is 22.7 Å². The number of anilines is 1. The first kappa shape index (κ1) is 14.8. The van der Waals surface area contributed by atoms with Crippen LogP contribution < -0.4 is 11.1 Å². The van der Waals surface area contributed by atoms with E-state index in [0.29, 0.717) is 22.9 Å². The van der Waals surface area contributed by atoms with E-state index < -0.39 is 11.9 Å². The van der Waals surface area contributed by atoms with Crippen LogP contribution in [-0.2, 0) is 4.79 Å². The van der Waals surface area contributed by atoms with Gasteiger partial charge in [0.15, 0.2) is 0 Å². The van der Waals surface area contributed by atoms with Crippen molar-refractivity contribution in [2.24, 2.45) is 11.7 Å². The molecule has 1 aromatic rings. The van der Waals surface area contributed by atoms with E-state index in [2.05, 4.69) is 21.2 Å². The second-order valence-corrected chi connectivity index (χ2v) is 5.94. The summed E-state index contributed by atoms with van der Waals surface area (Å²) in [5.74, 6) is -1.38. The summed E-state index contributed by atoms with van der Waals surface area (Å²) in [4.78, 5) is 22.0. The highest BCUT2D eigenvalue weighted by Gasteiger charge is 2.25. The van der Waals surface area contributed by atoms with Crippen LogP contribution in [0.5, 0.6) is 0 Å². The third kappa shape index (κ3) is 3.50. The highest BCUT2D eigenvalue weighted by molar-refractivity contribution is 9.10. The van der Waals surface area contributed by atoms with E-state index in [0.717, 1.165) is 18.5 Å². The molecule has 0 radical (unpaired) electrons. The van der Waals surface area contributed by atoms with Gasteiger partial charge in [0.05, 0.1) is 11.5 Å². The molecule has 6 heteroatoms. The average Bonchev–Trinajstić information content (AvgIpc) is 2.39. The molecule has 0 aliphatic heterocycles. The number of benzene rings is 1. The van der Waals surface area contributed by atoms with Gasteiger partial charge in [-0.15, -0.1) is 0 Å². The van der Waals surface area contributed by atoms with Gasteiger partial charge in [-0.3, -0.25) is 9.59 Å². The normalized spacial score (nSPS) is 22.2. The number of carbonyl (C=O) groups is 2. The number of primary amides is 1. The molecule has 20 heavy (non-hydrogen) atoms. The van der Waals surface area contributed by atoms with E-state index in [1.807, 2.05) is 12.1 Å². The Balaban J connectivity index is 1.96. The number of aliphatic carboxylic acids is 1. The third-order valence-corrected chi connectivity index (χ3v) is 4.34. The van der Waals surface area contributed by atoms with Crippen molar-refractivity contribution < 1.29 is 14.7 Å². The van der Waals surface area contributed by atoms with Crippen LogP contribution in [0.25, 0.3) is 0 Å². The molecule has 1 fully saturated rings. The fourth-order valence-corrected chi connectivity index (χ4v) is 3.10. The number of hydrogen-bond donors (Lipinski definition) is 3. The summed E-state index contributed by atoms with van der Waals surface area (Å²) in [6.45, 7) is 0. The number of carbonyl (C=O) groups excluding carboxylic acids is 1. The maximum absolute atomic E-state index is 11.1. The minimum absolute atomic E-state index is 0.211. The molecule has 108 valence electrons. The SMILES string of the molecule is NC(=O)c1ccc(NC2CCC(C(=O)O)CC2)cc1Br. The molecule has 0 spiro atoms. The van der Waals surface area contributed by atoms with Crippen molar-refractivity contribution in [2.45, 2.75) is 31.7 Å². The van der Waals surface area contributed by atoms with E-state index in [1.165, 1.54) is 0 Å². The van der Waals surface area contributed by atoms with Gasteiger partial charge in [-0.25, -0.2) is 0 Å². The number of rotatable bonds is 4. The van der Waals surface area contributed by atoms with Crippen LogP contribution in [0.3, 0.4) is 0 Å². The molecule has 0 aromatic heterocycles. The first-order chi connectivity index (χ1) is 9.47. The topological polar surface area (TPSA) is 92.4 Å². The molecule has 1 saturated carbocycles. The fourth-order valence-electron chi connectivity index (χ4n) is 2.53. The predicted octanol–water partition coefficient (Wildman–Crippen LogP) is 2.60. The summed E-state index contributed by atoms with van der Waals surface area (Å²) in [6.07, 6.45) is 3.08. The maximum atomic E-state index is 11.1. The molecule has 0 saturated heterocycles. The number of hydrogen-bond acceptors (Lipinski definition) is 3. The van der Waals surface area contributed by atoms with Crippen LogP contribution in [0.2, 0.25) is 0 Å². The molecule has 0 heterocycles. The average molecular weight is 341 g/mol. The third-order valence-electron chi connectivity index (χ3n) is 3.68. The number of amides is 1. The van der Waals surface area contributed by atoms with E-state index in [1.54, 1.807) is 6.07 Å². The molecule has 2 rings (SSSR count). The number of halogens is 1. The minimum Gasteiger partial charge on any atom is -0.481 e. The Kier molecular flexibility index (Phi) is 4.65. The molecule has 1 aliphatic rings. The van der Waals surface area contributed by atoms with Gasteiger partial charge < -0.3 is 16.2 Å². The molecule has 0 bridgehead atoms. The number of nitrogens with one attached hydrogen (secondary N) is 1. The van der Waals surface area contributed by atoms with Crippen molar-refractivity contribution in [3.8, 4) is 0 Å². The lowest BCUT2D eigenvalue weighted by molar-refractivity contribution is -0.142. The van der Waals surface area contributed by atoms with Gasteiger partial charge in [-0.05, 0) is 59.8 Å².